The van der Waals surface area contributed by atoms with Gasteiger partial charge in [0.05, 0.1) is 33.8 Å². The molecule has 2 aromatic heterocycles. The fraction of sp³-hybridized carbons (Fsp3) is 0.280. The minimum atomic E-state index is -3.91. The first kappa shape index (κ1) is 29.4. The maximum absolute atomic E-state index is 13.6. The normalized spacial score (nSPS) is 12.8. The molecule has 0 spiro atoms. The summed E-state index contributed by atoms with van der Waals surface area (Å²) in [5.41, 5.74) is 6.62. The minimum absolute atomic E-state index is 0.0389. The van der Waals surface area contributed by atoms with Crippen molar-refractivity contribution in [1.82, 2.24) is 19.5 Å². The van der Waals surface area contributed by atoms with Gasteiger partial charge in [-0.25, -0.2) is 4.98 Å². The molecular formula is C25H27BrN5O8P. The standard InChI is InChI=1S/C25H27BrN5O8P/c1-35-20-7-6-17(11-21(20)36-2)19(32)13-39-40(34,38-12-16-4-3-5-18(26)10-16)15-37-9-8-31-14-28-22-23(31)29-25(27)30-24(22)33/h3-7,10-11,14H,8-9,12-13,15H2,1-2H3,(H3,27,29,30,33). The first-order valence-electron chi connectivity index (χ1n) is 11.9. The molecule has 0 radical (unpaired) electrons. The molecule has 13 nitrogen and oxygen atoms in total. The number of benzene rings is 2. The van der Waals surface area contributed by atoms with Gasteiger partial charge in [0.15, 0.2) is 28.4 Å². The van der Waals surface area contributed by atoms with E-state index in [1.807, 2.05) is 18.2 Å². The van der Waals surface area contributed by atoms with Gasteiger partial charge in [0.25, 0.3) is 5.56 Å². The molecule has 4 aromatic rings. The number of ketones is 1. The predicted molar refractivity (Wildman–Crippen MR) is 150 cm³/mol. The molecule has 0 aliphatic heterocycles. The Kier molecular flexibility index (Phi) is 9.71. The Labute approximate surface area is 237 Å². The van der Waals surface area contributed by atoms with Gasteiger partial charge in [-0.3, -0.25) is 23.7 Å². The van der Waals surface area contributed by atoms with Gasteiger partial charge in [0.2, 0.25) is 5.95 Å². The summed E-state index contributed by atoms with van der Waals surface area (Å²) < 4.78 is 43.3. The number of aromatic nitrogens is 4. The van der Waals surface area contributed by atoms with Crippen molar-refractivity contribution in [1.29, 1.82) is 0 Å². The molecule has 2 aromatic carbocycles. The number of hydrogen-bond acceptors (Lipinski definition) is 11. The summed E-state index contributed by atoms with van der Waals surface area (Å²) in [6.07, 6.45) is 1.00. The number of carbonyl (C=O) groups excluding carboxylic acids is 1. The Balaban J connectivity index is 1.42. The highest BCUT2D eigenvalue weighted by Crippen LogP contribution is 2.49. The third-order valence-corrected chi connectivity index (χ3v) is 7.67. The molecule has 3 N–H and O–H groups in total. The number of hydrogen-bond donors (Lipinski definition) is 2. The number of nitrogen functional groups attached to an aromatic ring is 1. The molecule has 0 saturated carbocycles. The monoisotopic (exact) mass is 635 g/mol. The highest BCUT2D eigenvalue weighted by molar-refractivity contribution is 9.10. The van der Waals surface area contributed by atoms with Crippen LogP contribution in [0.1, 0.15) is 15.9 Å². The van der Waals surface area contributed by atoms with E-state index in [4.69, 9.17) is 29.0 Å². The first-order chi connectivity index (χ1) is 19.2. The van der Waals surface area contributed by atoms with E-state index in [9.17, 15) is 14.2 Å². The van der Waals surface area contributed by atoms with Crippen LogP contribution >= 0.6 is 23.5 Å². The van der Waals surface area contributed by atoms with Crippen LogP contribution in [0, 0.1) is 0 Å². The van der Waals surface area contributed by atoms with Crippen LogP contribution < -0.4 is 20.8 Å². The van der Waals surface area contributed by atoms with Crippen LogP contribution in [-0.4, -0.2) is 59.1 Å². The Hall–Kier alpha value is -3.55. The van der Waals surface area contributed by atoms with Crippen LogP contribution in [0.25, 0.3) is 11.2 Å². The molecule has 0 bridgehead atoms. The Morgan fingerprint density at radius 3 is 2.67 bits per heavy atom. The summed E-state index contributed by atoms with van der Waals surface area (Å²) >= 11 is 3.39. The van der Waals surface area contributed by atoms with E-state index in [1.54, 1.807) is 22.8 Å². The van der Waals surface area contributed by atoms with E-state index < -0.39 is 31.9 Å². The van der Waals surface area contributed by atoms with E-state index in [-0.39, 0.29) is 42.4 Å². The van der Waals surface area contributed by atoms with Crippen molar-refractivity contribution in [3.05, 3.63) is 74.7 Å². The second-order valence-electron chi connectivity index (χ2n) is 8.38. The van der Waals surface area contributed by atoms with Crippen molar-refractivity contribution in [3.63, 3.8) is 0 Å². The molecule has 0 aliphatic rings. The molecule has 0 aliphatic carbocycles. The maximum Gasteiger partial charge on any atom is 0.356 e. The number of nitrogens with one attached hydrogen (secondary N) is 1. The average Bonchev–Trinajstić information content (AvgIpc) is 3.35. The van der Waals surface area contributed by atoms with E-state index in [1.165, 1.54) is 26.6 Å². The Morgan fingerprint density at radius 1 is 1.12 bits per heavy atom. The number of nitrogens with two attached hydrogens (primary N) is 1. The second kappa shape index (κ2) is 13.2. The molecule has 15 heteroatoms. The van der Waals surface area contributed by atoms with Crippen LogP contribution in [0.4, 0.5) is 5.95 Å². The highest BCUT2D eigenvalue weighted by Gasteiger charge is 2.27. The number of halogens is 1. The lowest BCUT2D eigenvalue weighted by Gasteiger charge is -2.19. The molecule has 40 heavy (non-hydrogen) atoms. The Morgan fingerprint density at radius 2 is 1.93 bits per heavy atom. The summed E-state index contributed by atoms with van der Waals surface area (Å²) in [6.45, 7) is -0.283. The van der Waals surface area contributed by atoms with Gasteiger partial charge < -0.3 is 29.0 Å². The van der Waals surface area contributed by atoms with E-state index in [0.717, 1.165) is 10.0 Å². The lowest BCUT2D eigenvalue weighted by atomic mass is 10.1. The van der Waals surface area contributed by atoms with Crippen molar-refractivity contribution in [2.45, 2.75) is 13.2 Å². The fourth-order valence-electron chi connectivity index (χ4n) is 3.64. The van der Waals surface area contributed by atoms with Gasteiger partial charge in [0, 0.05) is 16.6 Å². The van der Waals surface area contributed by atoms with Crippen LogP contribution in [0.2, 0.25) is 0 Å². The van der Waals surface area contributed by atoms with Gasteiger partial charge in [-0.05, 0) is 35.9 Å². The predicted octanol–water partition coefficient (Wildman–Crippen LogP) is 3.77. The zero-order valence-corrected chi connectivity index (χ0v) is 24.1. The molecular weight excluding hydrogens is 609 g/mol. The zero-order valence-electron chi connectivity index (χ0n) is 21.7. The number of anilines is 1. The number of nitrogens with zero attached hydrogens (tertiary/aromatic N) is 3. The fourth-order valence-corrected chi connectivity index (χ4v) is 5.32. The topological polar surface area (TPSA) is 170 Å². The van der Waals surface area contributed by atoms with Crippen molar-refractivity contribution >= 4 is 46.4 Å². The van der Waals surface area contributed by atoms with E-state index in [2.05, 4.69) is 30.9 Å². The van der Waals surface area contributed by atoms with Crippen LogP contribution in [0.3, 0.4) is 0 Å². The second-order valence-corrected chi connectivity index (χ2v) is 11.3. The molecule has 0 saturated heterocycles. The highest BCUT2D eigenvalue weighted by atomic mass is 79.9. The van der Waals surface area contributed by atoms with Crippen LogP contribution in [0.15, 0.2) is 58.1 Å². The summed E-state index contributed by atoms with van der Waals surface area (Å²) in [4.78, 5) is 35.4. The number of methoxy groups -OCH3 is 2. The average molecular weight is 636 g/mol. The van der Waals surface area contributed by atoms with Gasteiger partial charge in [-0.1, -0.05) is 28.1 Å². The third-order valence-electron chi connectivity index (χ3n) is 5.63. The Bertz CT molecular complexity index is 1610. The van der Waals surface area contributed by atoms with Crippen molar-refractivity contribution in [2.24, 2.45) is 0 Å². The largest absolute Gasteiger partial charge is 0.493 e. The van der Waals surface area contributed by atoms with Crippen molar-refractivity contribution in [3.8, 4) is 11.5 Å². The number of Topliss-reactive ketones (excluding diaryl/α,β-unsaturated/α-hetero) is 1. The number of H-pyrrole nitrogens is 1. The number of aromatic amines is 1. The maximum atomic E-state index is 13.6. The molecule has 4 rings (SSSR count). The third kappa shape index (κ3) is 7.34. The number of ether oxygens (including phenoxy) is 3. The van der Waals surface area contributed by atoms with Crippen LogP contribution in [-0.2, 0) is 31.5 Å². The first-order valence-corrected chi connectivity index (χ1v) is 14.4. The molecule has 1 unspecified atom stereocenters. The van der Waals surface area contributed by atoms with E-state index >= 15 is 0 Å². The smallest absolute Gasteiger partial charge is 0.356 e. The number of carbonyl (C=O) groups is 1. The van der Waals surface area contributed by atoms with E-state index in [0.29, 0.717) is 11.5 Å². The van der Waals surface area contributed by atoms with Crippen molar-refractivity contribution < 1.29 is 32.6 Å². The minimum Gasteiger partial charge on any atom is -0.493 e. The molecule has 2 heterocycles. The van der Waals surface area contributed by atoms with Gasteiger partial charge in [-0.15, -0.1) is 0 Å². The number of fused-ring (bicyclic) bond motifs is 1. The van der Waals surface area contributed by atoms with Gasteiger partial charge >= 0.3 is 7.60 Å². The number of imidazole rings is 1. The molecule has 1 atom stereocenters. The lowest BCUT2D eigenvalue weighted by Crippen LogP contribution is -2.14. The summed E-state index contributed by atoms with van der Waals surface area (Å²) in [7, 11) is -0.962. The summed E-state index contributed by atoms with van der Waals surface area (Å²) in [5.74, 6) is 0.352. The summed E-state index contributed by atoms with van der Waals surface area (Å²) in [6, 6.07) is 11.9. The zero-order chi connectivity index (χ0) is 28.7. The van der Waals surface area contributed by atoms with Gasteiger partial charge in [0.1, 0.15) is 13.0 Å². The quantitative estimate of drug-likeness (QED) is 0.117. The molecule has 0 amide bonds. The SMILES string of the molecule is COc1ccc(C(=O)COP(=O)(COCCn2cnc3c(=O)[nH]c(N)nc32)OCc2cccc(Br)c2)cc1OC. The molecule has 0 fully saturated rings. The van der Waals surface area contributed by atoms with Crippen LogP contribution in [0.5, 0.6) is 11.5 Å². The van der Waals surface area contributed by atoms with Crippen molar-refractivity contribution in [2.75, 3.05) is 39.5 Å². The summed E-state index contributed by atoms with van der Waals surface area (Å²) in [5, 5.41) is 0. The lowest BCUT2D eigenvalue weighted by molar-refractivity contribution is 0.0855. The molecule has 212 valence electrons. The number of rotatable bonds is 14. The van der Waals surface area contributed by atoms with Gasteiger partial charge in [-0.2, -0.15) is 4.98 Å².